The molecule has 0 aromatic heterocycles. The van der Waals surface area contributed by atoms with Gasteiger partial charge in [0.2, 0.25) is 0 Å². The van der Waals surface area contributed by atoms with Gasteiger partial charge in [0.1, 0.15) is 11.4 Å². The van der Waals surface area contributed by atoms with Crippen molar-refractivity contribution in [1.82, 2.24) is 4.90 Å². The summed E-state index contributed by atoms with van der Waals surface area (Å²) in [6.07, 6.45) is -4.94. The van der Waals surface area contributed by atoms with Gasteiger partial charge in [-0.2, -0.15) is 13.2 Å². The zero-order valence-corrected chi connectivity index (χ0v) is 17.0. The Kier molecular flexibility index (Phi) is 6.86. The van der Waals surface area contributed by atoms with Gasteiger partial charge < -0.3 is 24.8 Å². The Balaban J connectivity index is 1.87. The van der Waals surface area contributed by atoms with E-state index in [1.807, 2.05) is 0 Å². The van der Waals surface area contributed by atoms with E-state index < -0.39 is 41.0 Å². The molecule has 176 valence electrons. The highest BCUT2D eigenvalue weighted by Crippen LogP contribution is 2.36. The summed E-state index contributed by atoms with van der Waals surface area (Å²) in [6.45, 7) is -0.465. The summed E-state index contributed by atoms with van der Waals surface area (Å²) in [6, 6.07) is 5.57. The van der Waals surface area contributed by atoms with Gasteiger partial charge in [0.25, 0.3) is 5.91 Å². The first-order valence-corrected chi connectivity index (χ1v) is 9.38. The SMILES string of the molecule is COC(=O)C1=C(Nc2cccc(Oc3c(F)cc(C(F)(F)F)cc3F)c2)C(=O)N(CCO)C1. The number of aliphatic hydroxyl groups is 1. The fourth-order valence-electron chi connectivity index (χ4n) is 3.07. The molecular formula is C21H17F5N2O5. The first-order chi connectivity index (χ1) is 15.5. The van der Waals surface area contributed by atoms with E-state index in [9.17, 15) is 31.5 Å². The number of carbonyl (C=O) groups excluding carboxylic acids is 2. The lowest BCUT2D eigenvalue weighted by Crippen LogP contribution is -2.31. The average Bonchev–Trinajstić information content (AvgIpc) is 3.05. The van der Waals surface area contributed by atoms with Crippen LogP contribution in [0, 0.1) is 11.6 Å². The maximum atomic E-state index is 14.1. The van der Waals surface area contributed by atoms with Crippen LogP contribution in [-0.4, -0.2) is 48.7 Å². The number of halogens is 5. The maximum Gasteiger partial charge on any atom is 0.416 e. The number of aliphatic hydroxyl groups excluding tert-OH is 1. The van der Waals surface area contributed by atoms with Gasteiger partial charge in [-0.1, -0.05) is 6.07 Å². The van der Waals surface area contributed by atoms with Crippen molar-refractivity contribution in [3.05, 3.63) is 64.9 Å². The number of hydrogen-bond acceptors (Lipinski definition) is 6. The molecule has 2 N–H and O–H groups in total. The highest BCUT2D eigenvalue weighted by Gasteiger charge is 2.35. The molecule has 0 bridgehead atoms. The Morgan fingerprint density at radius 2 is 1.85 bits per heavy atom. The summed E-state index contributed by atoms with van der Waals surface area (Å²) < 4.78 is 76.1. The molecule has 12 heteroatoms. The highest BCUT2D eigenvalue weighted by molar-refractivity contribution is 6.08. The summed E-state index contributed by atoms with van der Waals surface area (Å²) in [5, 5.41) is 11.8. The standard InChI is InChI=1S/C21H17F5N2O5/c1-32-20(31)14-10-28(5-6-29)19(30)17(14)27-12-3-2-4-13(9-12)33-18-15(22)7-11(8-16(18)23)21(24,25)26/h2-4,7-9,27,29H,5-6,10H2,1H3. The Morgan fingerprint density at radius 1 is 1.18 bits per heavy atom. The van der Waals surface area contributed by atoms with E-state index in [-0.39, 0.29) is 54.5 Å². The van der Waals surface area contributed by atoms with Crippen LogP contribution in [-0.2, 0) is 20.5 Å². The maximum absolute atomic E-state index is 14.1. The molecule has 7 nitrogen and oxygen atoms in total. The van der Waals surface area contributed by atoms with Crippen LogP contribution in [0.15, 0.2) is 47.7 Å². The zero-order chi connectivity index (χ0) is 24.3. The smallest absolute Gasteiger partial charge is 0.416 e. The van der Waals surface area contributed by atoms with E-state index in [0.29, 0.717) is 0 Å². The number of β-amino-alcohol motifs (C(OH)–C–C–N with tert-alkyl or cyclic N) is 1. The Labute approximate surface area is 184 Å². The molecule has 1 aliphatic rings. The van der Waals surface area contributed by atoms with Gasteiger partial charge >= 0.3 is 12.1 Å². The first-order valence-electron chi connectivity index (χ1n) is 9.38. The van der Waals surface area contributed by atoms with Crippen LogP contribution >= 0.6 is 0 Å². The summed E-state index contributed by atoms with van der Waals surface area (Å²) in [7, 11) is 1.13. The van der Waals surface area contributed by atoms with Crippen molar-refractivity contribution in [1.29, 1.82) is 0 Å². The van der Waals surface area contributed by atoms with Gasteiger partial charge in [0.05, 0.1) is 31.4 Å². The van der Waals surface area contributed by atoms with E-state index in [1.165, 1.54) is 29.2 Å². The van der Waals surface area contributed by atoms with E-state index in [4.69, 9.17) is 9.84 Å². The lowest BCUT2D eigenvalue weighted by Gasteiger charge is -2.15. The number of benzene rings is 2. The van der Waals surface area contributed by atoms with Gasteiger partial charge in [0.15, 0.2) is 17.4 Å². The van der Waals surface area contributed by atoms with Gasteiger partial charge in [-0.3, -0.25) is 4.79 Å². The van der Waals surface area contributed by atoms with Gasteiger partial charge in [-0.25, -0.2) is 13.6 Å². The van der Waals surface area contributed by atoms with Gasteiger partial charge in [-0.05, 0) is 24.3 Å². The third-order valence-corrected chi connectivity index (χ3v) is 4.60. The molecule has 33 heavy (non-hydrogen) atoms. The number of nitrogens with one attached hydrogen (secondary N) is 1. The summed E-state index contributed by atoms with van der Waals surface area (Å²) in [4.78, 5) is 25.8. The van der Waals surface area contributed by atoms with E-state index in [0.717, 1.165) is 7.11 Å². The fourth-order valence-corrected chi connectivity index (χ4v) is 3.07. The number of rotatable bonds is 7. The summed E-state index contributed by atoms with van der Waals surface area (Å²) >= 11 is 0. The van der Waals surface area contributed by atoms with E-state index in [1.54, 1.807) is 0 Å². The van der Waals surface area contributed by atoms with Crippen LogP contribution in [0.2, 0.25) is 0 Å². The monoisotopic (exact) mass is 472 g/mol. The third-order valence-electron chi connectivity index (χ3n) is 4.60. The molecule has 2 aromatic carbocycles. The molecule has 0 aliphatic carbocycles. The number of hydrogen-bond donors (Lipinski definition) is 2. The molecule has 0 saturated carbocycles. The van der Waals surface area contributed by atoms with Crippen molar-refractivity contribution >= 4 is 17.6 Å². The van der Waals surface area contributed by atoms with Gasteiger partial charge in [-0.15, -0.1) is 0 Å². The summed E-state index contributed by atoms with van der Waals surface area (Å²) in [5.41, 5.74) is -1.45. The number of ether oxygens (including phenoxy) is 2. The molecule has 1 amide bonds. The van der Waals surface area contributed by atoms with Crippen LogP contribution in [0.5, 0.6) is 11.5 Å². The minimum absolute atomic E-state index is 0.00194. The third kappa shape index (κ3) is 5.22. The molecule has 0 atom stereocenters. The lowest BCUT2D eigenvalue weighted by molar-refractivity contribution is -0.138. The molecule has 2 aromatic rings. The molecule has 0 fully saturated rings. The number of nitrogens with zero attached hydrogens (tertiary/aromatic N) is 1. The Hall–Kier alpha value is -3.67. The Morgan fingerprint density at radius 3 is 2.42 bits per heavy atom. The quantitative estimate of drug-likeness (QED) is 0.474. The van der Waals surface area contributed by atoms with Crippen LogP contribution in [0.4, 0.5) is 27.6 Å². The van der Waals surface area contributed by atoms with Crippen molar-refractivity contribution in [3.8, 4) is 11.5 Å². The van der Waals surface area contributed by atoms with Gasteiger partial charge in [0, 0.05) is 18.3 Å². The van der Waals surface area contributed by atoms with Crippen molar-refractivity contribution in [2.45, 2.75) is 6.18 Å². The number of carbonyl (C=O) groups is 2. The second kappa shape index (κ2) is 9.45. The zero-order valence-electron chi connectivity index (χ0n) is 17.0. The average molecular weight is 472 g/mol. The number of methoxy groups -OCH3 is 1. The van der Waals surface area contributed by atoms with E-state index >= 15 is 0 Å². The minimum Gasteiger partial charge on any atom is -0.466 e. The fraction of sp³-hybridized carbons (Fsp3) is 0.238. The second-order valence-corrected chi connectivity index (χ2v) is 6.82. The Bertz CT molecular complexity index is 1090. The van der Waals surface area contributed by atoms with Crippen molar-refractivity contribution in [2.75, 3.05) is 32.1 Å². The first kappa shape index (κ1) is 24.0. The predicted molar refractivity (Wildman–Crippen MR) is 104 cm³/mol. The number of esters is 1. The molecule has 0 unspecified atom stereocenters. The normalized spacial score (nSPS) is 14.0. The molecule has 3 rings (SSSR count). The lowest BCUT2D eigenvalue weighted by atomic mass is 10.2. The molecule has 0 saturated heterocycles. The largest absolute Gasteiger partial charge is 0.466 e. The molecule has 1 heterocycles. The molecule has 0 radical (unpaired) electrons. The van der Waals surface area contributed by atoms with Crippen molar-refractivity contribution < 1.29 is 46.1 Å². The van der Waals surface area contributed by atoms with Crippen LogP contribution in [0.25, 0.3) is 0 Å². The second-order valence-electron chi connectivity index (χ2n) is 6.82. The number of alkyl halides is 3. The molecule has 0 spiro atoms. The summed E-state index contributed by atoms with van der Waals surface area (Å²) in [5.74, 6) is -5.66. The van der Waals surface area contributed by atoms with E-state index in [2.05, 4.69) is 10.1 Å². The molecular weight excluding hydrogens is 455 g/mol. The number of amides is 1. The van der Waals surface area contributed by atoms with Crippen molar-refractivity contribution in [2.24, 2.45) is 0 Å². The highest BCUT2D eigenvalue weighted by atomic mass is 19.4. The van der Waals surface area contributed by atoms with Crippen molar-refractivity contribution in [3.63, 3.8) is 0 Å². The minimum atomic E-state index is -4.94. The van der Waals surface area contributed by atoms with Crippen LogP contribution in [0.3, 0.4) is 0 Å². The molecule has 1 aliphatic heterocycles. The predicted octanol–water partition coefficient (Wildman–Crippen LogP) is 3.45. The van der Waals surface area contributed by atoms with Crippen LogP contribution < -0.4 is 10.1 Å². The van der Waals surface area contributed by atoms with Crippen LogP contribution in [0.1, 0.15) is 5.56 Å². The topological polar surface area (TPSA) is 88.1 Å². The number of anilines is 1.